The number of hydrogen-bond donors (Lipinski definition) is 2. The number of rotatable bonds is 7. The van der Waals surface area contributed by atoms with Gasteiger partial charge in [-0.15, -0.1) is 0 Å². The van der Waals surface area contributed by atoms with Gasteiger partial charge in [0.05, 0.1) is 11.4 Å². The number of nitrogens with zero attached hydrogens (tertiary/aromatic N) is 3. The van der Waals surface area contributed by atoms with Crippen LogP contribution in [0.2, 0.25) is 0 Å². The van der Waals surface area contributed by atoms with Crippen LogP contribution in [0.25, 0.3) is 5.69 Å². The highest BCUT2D eigenvalue weighted by Gasteiger charge is 2.06. The summed E-state index contributed by atoms with van der Waals surface area (Å²) in [5.41, 5.74) is 6.04. The molecule has 3 aromatic rings. The van der Waals surface area contributed by atoms with Gasteiger partial charge in [-0.2, -0.15) is 5.10 Å². The van der Waals surface area contributed by atoms with Gasteiger partial charge < -0.3 is 10.6 Å². The second kappa shape index (κ2) is 9.74. The highest BCUT2D eigenvalue weighted by atomic mass is 15.3. The number of guanidine groups is 1. The van der Waals surface area contributed by atoms with Gasteiger partial charge in [-0.1, -0.05) is 42.5 Å². The van der Waals surface area contributed by atoms with Crippen molar-refractivity contribution in [2.24, 2.45) is 4.99 Å². The second-order valence-electron chi connectivity index (χ2n) is 6.90. The summed E-state index contributed by atoms with van der Waals surface area (Å²) in [6, 6.07) is 18.6. The van der Waals surface area contributed by atoms with Crippen molar-refractivity contribution in [1.29, 1.82) is 0 Å². The lowest BCUT2D eigenvalue weighted by Crippen LogP contribution is -2.37. The summed E-state index contributed by atoms with van der Waals surface area (Å²) in [6.45, 7) is 5.84. The number of hydrogen-bond acceptors (Lipinski definition) is 2. The van der Waals surface area contributed by atoms with E-state index < -0.39 is 0 Å². The highest BCUT2D eigenvalue weighted by Crippen LogP contribution is 2.13. The van der Waals surface area contributed by atoms with Crippen molar-refractivity contribution >= 4 is 5.96 Å². The lowest BCUT2D eigenvalue weighted by molar-refractivity contribution is 0.739. The Kier molecular flexibility index (Phi) is 6.84. The topological polar surface area (TPSA) is 54.2 Å². The largest absolute Gasteiger partial charge is 0.356 e. The van der Waals surface area contributed by atoms with E-state index in [1.54, 1.807) is 7.05 Å². The van der Waals surface area contributed by atoms with Crippen LogP contribution in [0.3, 0.4) is 0 Å². The van der Waals surface area contributed by atoms with Crippen molar-refractivity contribution in [3.63, 3.8) is 0 Å². The molecule has 28 heavy (non-hydrogen) atoms. The van der Waals surface area contributed by atoms with Gasteiger partial charge in [-0.3, -0.25) is 4.99 Å². The smallest absolute Gasteiger partial charge is 0.191 e. The molecular formula is C23H29N5. The maximum Gasteiger partial charge on any atom is 0.191 e. The molecule has 0 radical (unpaired) electrons. The minimum Gasteiger partial charge on any atom is -0.356 e. The van der Waals surface area contributed by atoms with Gasteiger partial charge in [-0.25, -0.2) is 4.68 Å². The Morgan fingerprint density at radius 2 is 1.71 bits per heavy atom. The molecule has 0 saturated carbocycles. The van der Waals surface area contributed by atoms with Gasteiger partial charge >= 0.3 is 0 Å². The third-order valence-electron chi connectivity index (χ3n) is 4.87. The summed E-state index contributed by atoms with van der Waals surface area (Å²) in [4.78, 5) is 4.32. The Balaban J connectivity index is 1.46. The van der Waals surface area contributed by atoms with E-state index in [-0.39, 0.29) is 0 Å². The van der Waals surface area contributed by atoms with Crippen molar-refractivity contribution in [3.05, 3.63) is 83.2 Å². The van der Waals surface area contributed by atoms with Crippen molar-refractivity contribution in [2.45, 2.75) is 33.2 Å². The Labute approximate surface area is 167 Å². The molecule has 2 N–H and O–H groups in total. The van der Waals surface area contributed by atoms with Crippen LogP contribution in [-0.2, 0) is 13.0 Å². The molecule has 0 spiro atoms. The van der Waals surface area contributed by atoms with Gasteiger partial charge in [0.2, 0.25) is 0 Å². The average molecular weight is 376 g/mol. The molecule has 0 aliphatic rings. The molecule has 5 heteroatoms. The predicted octanol–water partition coefficient (Wildman–Crippen LogP) is 3.79. The molecule has 146 valence electrons. The van der Waals surface area contributed by atoms with Crippen LogP contribution in [0, 0.1) is 13.8 Å². The number of aliphatic imine (C=N–C) groups is 1. The van der Waals surface area contributed by atoms with Crippen molar-refractivity contribution in [1.82, 2.24) is 20.4 Å². The fraction of sp³-hybridized carbons (Fsp3) is 0.304. The molecule has 0 amide bonds. The average Bonchev–Trinajstić information content (AvgIpc) is 3.10. The molecule has 0 atom stereocenters. The maximum atomic E-state index is 4.64. The van der Waals surface area contributed by atoms with E-state index in [9.17, 15) is 0 Å². The summed E-state index contributed by atoms with van der Waals surface area (Å²) in [7, 11) is 1.81. The summed E-state index contributed by atoms with van der Waals surface area (Å²) in [5.74, 6) is 0.833. The van der Waals surface area contributed by atoms with Gasteiger partial charge in [0.1, 0.15) is 0 Å². The zero-order valence-corrected chi connectivity index (χ0v) is 16.9. The Morgan fingerprint density at radius 3 is 2.46 bits per heavy atom. The number of nitrogens with one attached hydrogen (secondary N) is 2. The fourth-order valence-corrected chi connectivity index (χ4v) is 3.15. The molecule has 0 aliphatic heterocycles. The van der Waals surface area contributed by atoms with E-state index in [0.29, 0.717) is 0 Å². The van der Waals surface area contributed by atoms with E-state index in [2.05, 4.69) is 77.2 Å². The van der Waals surface area contributed by atoms with Crippen molar-refractivity contribution in [3.8, 4) is 5.69 Å². The predicted molar refractivity (Wildman–Crippen MR) is 116 cm³/mol. The molecule has 0 fully saturated rings. The van der Waals surface area contributed by atoms with Crippen LogP contribution < -0.4 is 10.6 Å². The van der Waals surface area contributed by atoms with E-state index >= 15 is 0 Å². The first-order valence-corrected chi connectivity index (χ1v) is 9.77. The molecule has 0 bridgehead atoms. The molecule has 0 saturated heterocycles. The standard InChI is InChI=1S/C23H29N5/c1-18-10-7-8-11-20(18)16-26-23(24-3)25-15-9-12-21-17-28(27-19(21)2)22-13-5-4-6-14-22/h4-8,10-11,13-14,17H,9,12,15-16H2,1-3H3,(H2,24,25,26). The molecule has 1 heterocycles. The molecule has 1 aromatic heterocycles. The molecule has 5 nitrogen and oxygen atoms in total. The zero-order valence-electron chi connectivity index (χ0n) is 16.9. The van der Waals surface area contributed by atoms with Crippen molar-refractivity contribution < 1.29 is 0 Å². The highest BCUT2D eigenvalue weighted by molar-refractivity contribution is 5.79. The van der Waals surface area contributed by atoms with Crippen LogP contribution in [0.4, 0.5) is 0 Å². The first kappa shape index (κ1) is 19.7. The van der Waals surface area contributed by atoms with Crippen LogP contribution in [0.1, 0.15) is 28.8 Å². The Hall–Kier alpha value is -3.08. The number of aromatic nitrogens is 2. The maximum absolute atomic E-state index is 4.64. The van der Waals surface area contributed by atoms with Crippen molar-refractivity contribution in [2.75, 3.05) is 13.6 Å². The summed E-state index contributed by atoms with van der Waals surface area (Å²) >= 11 is 0. The third kappa shape index (κ3) is 5.22. The summed E-state index contributed by atoms with van der Waals surface area (Å²) in [5, 5.41) is 11.4. The van der Waals surface area contributed by atoms with Crippen LogP contribution in [-0.4, -0.2) is 29.3 Å². The zero-order chi connectivity index (χ0) is 19.8. The molecule has 2 aromatic carbocycles. The molecule has 0 aliphatic carbocycles. The van der Waals surface area contributed by atoms with E-state index in [4.69, 9.17) is 0 Å². The Bertz CT molecular complexity index is 912. The first-order chi connectivity index (χ1) is 13.7. The number of para-hydroxylation sites is 1. The van der Waals surface area contributed by atoms with Crippen LogP contribution in [0.5, 0.6) is 0 Å². The van der Waals surface area contributed by atoms with Gasteiger partial charge in [0, 0.05) is 26.3 Å². The number of benzene rings is 2. The Morgan fingerprint density at radius 1 is 0.964 bits per heavy atom. The third-order valence-corrected chi connectivity index (χ3v) is 4.87. The van der Waals surface area contributed by atoms with E-state index in [1.807, 2.05) is 22.9 Å². The lowest BCUT2D eigenvalue weighted by Gasteiger charge is -2.13. The summed E-state index contributed by atoms with van der Waals surface area (Å²) in [6.07, 6.45) is 4.14. The number of aryl methyl sites for hydroxylation is 3. The minimum absolute atomic E-state index is 0.773. The first-order valence-electron chi connectivity index (χ1n) is 9.77. The second-order valence-corrected chi connectivity index (χ2v) is 6.90. The molecule has 0 unspecified atom stereocenters. The molecule has 3 rings (SSSR count). The van der Waals surface area contributed by atoms with E-state index in [1.165, 1.54) is 16.7 Å². The van der Waals surface area contributed by atoms with E-state index in [0.717, 1.165) is 43.3 Å². The van der Waals surface area contributed by atoms with Crippen LogP contribution in [0.15, 0.2) is 65.8 Å². The van der Waals surface area contributed by atoms with Crippen LogP contribution >= 0.6 is 0 Å². The fourth-order valence-electron chi connectivity index (χ4n) is 3.15. The summed E-state index contributed by atoms with van der Waals surface area (Å²) < 4.78 is 1.96. The van der Waals surface area contributed by atoms with Gasteiger partial charge in [-0.05, 0) is 55.5 Å². The minimum atomic E-state index is 0.773. The quantitative estimate of drug-likeness (QED) is 0.375. The SMILES string of the molecule is CN=C(NCCCc1cn(-c2ccccc2)nc1C)NCc1ccccc1C. The van der Waals surface area contributed by atoms with Gasteiger partial charge in [0.25, 0.3) is 0 Å². The monoisotopic (exact) mass is 375 g/mol. The van der Waals surface area contributed by atoms with Gasteiger partial charge in [0.15, 0.2) is 5.96 Å². The molecular weight excluding hydrogens is 346 g/mol. The normalized spacial score (nSPS) is 11.5. The lowest BCUT2D eigenvalue weighted by atomic mass is 10.1.